The van der Waals surface area contributed by atoms with Crippen LogP contribution in [0.5, 0.6) is 0 Å². The van der Waals surface area contributed by atoms with Crippen molar-refractivity contribution < 1.29 is 37.3 Å². The van der Waals surface area contributed by atoms with Crippen LogP contribution < -0.4 is 0 Å². The zero-order valence-electron chi connectivity index (χ0n) is 28.0. The molecule has 0 amide bonds. The van der Waals surface area contributed by atoms with E-state index in [9.17, 15) is 4.57 Å². The zero-order chi connectivity index (χ0) is 33.9. The molecule has 0 spiro atoms. The molecule has 4 aromatic rings. The van der Waals surface area contributed by atoms with E-state index in [4.69, 9.17) is 32.7 Å². The van der Waals surface area contributed by atoms with Gasteiger partial charge in [0.1, 0.15) is 0 Å². The molecule has 10 heteroatoms. The van der Waals surface area contributed by atoms with E-state index >= 15 is 0 Å². The van der Waals surface area contributed by atoms with Gasteiger partial charge in [0, 0.05) is 0 Å². The predicted octanol–water partition coefficient (Wildman–Crippen LogP) is 7.57. The fourth-order valence-electron chi connectivity index (χ4n) is 5.61. The van der Waals surface area contributed by atoms with Gasteiger partial charge in [0.25, 0.3) is 0 Å². The van der Waals surface area contributed by atoms with Gasteiger partial charge in [0.05, 0.1) is 0 Å². The van der Waals surface area contributed by atoms with E-state index in [0.29, 0.717) is 39.6 Å². The van der Waals surface area contributed by atoms with E-state index in [1.807, 2.05) is 135 Å². The van der Waals surface area contributed by atoms with Crippen LogP contribution in [0.25, 0.3) is 0 Å². The van der Waals surface area contributed by atoms with Crippen molar-refractivity contribution in [3.05, 3.63) is 144 Å². The van der Waals surface area contributed by atoms with Crippen molar-refractivity contribution in [3.63, 3.8) is 0 Å². The van der Waals surface area contributed by atoms with Crippen molar-refractivity contribution in [2.45, 2.75) is 69.7 Å². The second-order valence-corrected chi connectivity index (χ2v) is 19.8. The minimum atomic E-state index is -3.46. The van der Waals surface area contributed by atoms with Crippen molar-refractivity contribution in [1.82, 2.24) is 0 Å². The van der Waals surface area contributed by atoms with Gasteiger partial charge in [-0.05, 0) is 0 Å². The topological polar surface area (TPSA) is 81.7 Å². The van der Waals surface area contributed by atoms with E-state index in [2.05, 4.69) is 0 Å². The first-order valence-electron chi connectivity index (χ1n) is 16.7. The van der Waals surface area contributed by atoms with Gasteiger partial charge >= 0.3 is 297 Å². The van der Waals surface area contributed by atoms with Crippen LogP contribution in [0.2, 0.25) is 0 Å². The van der Waals surface area contributed by atoms with E-state index < -0.39 is 50.2 Å². The van der Waals surface area contributed by atoms with Crippen molar-refractivity contribution in [2.75, 3.05) is 19.8 Å². The molecule has 2 fully saturated rings. The molecule has 0 N–H and O–H groups in total. The average Bonchev–Trinajstić information content (AvgIpc) is 3.13. The Hall–Kier alpha value is -2.65. The number of benzene rings is 4. The van der Waals surface area contributed by atoms with E-state index in [0.717, 1.165) is 22.3 Å². The first-order chi connectivity index (χ1) is 23.9. The molecule has 5 atom stereocenters. The fraction of sp³-hybridized carbons (Fsp3) is 0.385. The van der Waals surface area contributed by atoms with Gasteiger partial charge in [0.15, 0.2) is 0 Å². The first-order valence-corrected chi connectivity index (χ1v) is 21.4. The third kappa shape index (κ3) is 10.7. The standard InChI is InChI=1S/C39H45O8PSe/c1-39(2)28-45-48(40,46-29-39)49-38-37(44-26-33-21-13-6-14-22-33)36(43-25-32-19-11-5-12-20-32)35(42-24-31-17-9-4-10-18-31)34(47-38)27-41-23-30-15-7-3-8-16-30/h3-22,34-38H,23-29H2,1-2H3/t34-,35-,36+,37-,38-/m1/s1. The van der Waals surface area contributed by atoms with Crippen molar-refractivity contribution >= 4 is 20.8 Å². The molecule has 0 saturated carbocycles. The van der Waals surface area contributed by atoms with Gasteiger partial charge in [0.2, 0.25) is 0 Å². The fourth-order valence-corrected chi connectivity index (χ4v) is 12.1. The third-order valence-corrected chi connectivity index (χ3v) is 14.7. The average molecular weight is 752 g/mol. The molecule has 2 aliphatic heterocycles. The van der Waals surface area contributed by atoms with Gasteiger partial charge in [-0.2, -0.15) is 0 Å². The Labute approximate surface area is 295 Å². The summed E-state index contributed by atoms with van der Waals surface area (Å²) < 4.78 is 59.5. The Kier molecular flexibility index (Phi) is 12.9. The normalized spacial score (nSPS) is 24.7. The number of ether oxygens (including phenoxy) is 5. The van der Waals surface area contributed by atoms with Crippen molar-refractivity contribution in [2.24, 2.45) is 5.41 Å². The van der Waals surface area contributed by atoms with Crippen LogP contribution in [-0.2, 0) is 63.7 Å². The molecule has 2 aliphatic rings. The monoisotopic (exact) mass is 752 g/mol. The second kappa shape index (κ2) is 17.5. The van der Waals surface area contributed by atoms with Crippen molar-refractivity contribution in [1.29, 1.82) is 0 Å². The molecule has 0 aliphatic carbocycles. The molecule has 2 heterocycles. The van der Waals surface area contributed by atoms with Gasteiger partial charge in [-0.15, -0.1) is 0 Å². The van der Waals surface area contributed by atoms with Crippen LogP contribution in [-0.4, -0.2) is 63.8 Å². The molecule has 260 valence electrons. The van der Waals surface area contributed by atoms with Crippen LogP contribution in [0.1, 0.15) is 36.1 Å². The molecule has 4 aromatic carbocycles. The summed E-state index contributed by atoms with van der Waals surface area (Å²) >= 11 is -0.763. The molecule has 0 unspecified atom stereocenters. The maximum atomic E-state index is 14.1. The van der Waals surface area contributed by atoms with Gasteiger partial charge in [-0.25, -0.2) is 0 Å². The first kappa shape index (κ1) is 36.2. The molecule has 0 radical (unpaired) electrons. The van der Waals surface area contributed by atoms with Crippen LogP contribution >= 0.6 is 6.29 Å². The Morgan fingerprint density at radius 1 is 0.612 bits per heavy atom. The summed E-state index contributed by atoms with van der Waals surface area (Å²) in [5, 5.41) is -0.633. The molecular weight excluding hydrogens is 706 g/mol. The van der Waals surface area contributed by atoms with Crippen LogP contribution in [0, 0.1) is 5.41 Å². The SMILES string of the molecule is CC1(C)COP(=O)([Se][C@H]2O[C@H](COCc3ccccc3)[C@@H](OCc3ccccc3)[C@H](OCc3ccccc3)[C@H]2OCc2ccccc2)OC1. The molecule has 2 saturated heterocycles. The van der Waals surface area contributed by atoms with E-state index in [1.54, 1.807) is 0 Å². The van der Waals surface area contributed by atoms with Crippen LogP contribution in [0.4, 0.5) is 0 Å². The van der Waals surface area contributed by atoms with Gasteiger partial charge in [-0.3, -0.25) is 0 Å². The molecule has 49 heavy (non-hydrogen) atoms. The van der Waals surface area contributed by atoms with E-state index in [1.165, 1.54) is 0 Å². The Morgan fingerprint density at radius 3 is 1.49 bits per heavy atom. The quantitative estimate of drug-likeness (QED) is 0.0910. The summed E-state index contributed by atoms with van der Waals surface area (Å²) in [6, 6.07) is 40.1. The van der Waals surface area contributed by atoms with E-state index in [-0.39, 0.29) is 12.0 Å². The molecular formula is C39H45O8PSe. The van der Waals surface area contributed by atoms with Crippen molar-refractivity contribution in [3.8, 4) is 0 Å². The molecule has 0 aromatic heterocycles. The predicted molar refractivity (Wildman–Crippen MR) is 189 cm³/mol. The van der Waals surface area contributed by atoms with Gasteiger partial charge < -0.3 is 0 Å². The molecule has 6 rings (SSSR count). The maximum absolute atomic E-state index is 14.1. The van der Waals surface area contributed by atoms with Crippen LogP contribution in [0.15, 0.2) is 121 Å². The summed E-state index contributed by atoms with van der Waals surface area (Å²) in [6.07, 6.45) is -5.81. The summed E-state index contributed by atoms with van der Waals surface area (Å²) in [4.78, 5) is 0. The molecule has 0 bridgehead atoms. The zero-order valence-corrected chi connectivity index (χ0v) is 30.6. The minimum absolute atomic E-state index is 0.230. The van der Waals surface area contributed by atoms with Gasteiger partial charge in [-0.1, -0.05) is 0 Å². The number of hydrogen-bond donors (Lipinski definition) is 0. The summed E-state index contributed by atoms with van der Waals surface area (Å²) in [7, 11) is 0. The Balaban J connectivity index is 1.32. The molecule has 8 nitrogen and oxygen atoms in total. The summed E-state index contributed by atoms with van der Waals surface area (Å²) in [5.74, 6) is 0. The third-order valence-electron chi connectivity index (χ3n) is 8.30. The summed E-state index contributed by atoms with van der Waals surface area (Å²) in [5.41, 5.74) is 3.87. The Morgan fingerprint density at radius 2 is 1.02 bits per heavy atom. The number of hydrogen-bond acceptors (Lipinski definition) is 8. The Bertz CT molecular complexity index is 1580. The number of rotatable bonds is 15. The van der Waals surface area contributed by atoms with Crippen LogP contribution in [0.3, 0.4) is 0 Å². The second-order valence-electron chi connectivity index (χ2n) is 13.1. The summed E-state index contributed by atoms with van der Waals surface area (Å²) in [6.45, 7) is 6.38.